The molecular weight excluding hydrogens is 669 g/mol. The van der Waals surface area contributed by atoms with Crippen LogP contribution in [0, 0.1) is 11.3 Å². The van der Waals surface area contributed by atoms with Crippen LogP contribution in [0.15, 0.2) is 114 Å². The molecule has 48 heavy (non-hydrogen) atoms. The van der Waals surface area contributed by atoms with Gasteiger partial charge in [-0.15, -0.1) is 0 Å². The van der Waals surface area contributed by atoms with Crippen molar-refractivity contribution >= 4 is 64.2 Å². The molecule has 2 heterocycles. The number of Topliss-reactive ketones (excluding diaryl/α,β-unsaturated/α-hetero) is 1. The Morgan fingerprint density at radius 1 is 0.854 bits per heavy atom. The van der Waals surface area contributed by atoms with E-state index in [0.717, 1.165) is 27.8 Å². The summed E-state index contributed by atoms with van der Waals surface area (Å²) in [6, 6.07) is 33.2. The van der Waals surface area contributed by atoms with Crippen molar-refractivity contribution in [2.45, 2.75) is 16.7 Å². The number of benzene rings is 4. The van der Waals surface area contributed by atoms with Gasteiger partial charge < -0.3 is 4.74 Å². The van der Waals surface area contributed by atoms with Crippen LogP contribution < -0.4 is 4.90 Å². The van der Waals surface area contributed by atoms with Crippen LogP contribution in [0.25, 0.3) is 22.4 Å². The second-order valence-corrected chi connectivity index (χ2v) is 12.6. The number of carbonyl (C=O) groups excluding carboxylic acids is 4. The summed E-state index contributed by atoms with van der Waals surface area (Å²) in [7, 11) is 0. The van der Waals surface area contributed by atoms with Crippen molar-refractivity contribution in [3.63, 3.8) is 0 Å². The maximum atomic E-state index is 13.6. The van der Waals surface area contributed by atoms with E-state index in [-0.39, 0.29) is 28.3 Å². The van der Waals surface area contributed by atoms with Crippen LogP contribution >= 0.6 is 35.0 Å². The second kappa shape index (κ2) is 14.2. The van der Waals surface area contributed by atoms with E-state index in [1.54, 1.807) is 0 Å². The minimum Gasteiger partial charge on any atom is -0.454 e. The summed E-state index contributed by atoms with van der Waals surface area (Å²) in [6.07, 6.45) is -0.104. The topological polar surface area (TPSA) is 117 Å². The van der Waals surface area contributed by atoms with Crippen molar-refractivity contribution in [3.05, 3.63) is 136 Å². The molecule has 1 aliphatic rings. The summed E-state index contributed by atoms with van der Waals surface area (Å²) < 4.78 is 5.16. The number of pyridine rings is 1. The summed E-state index contributed by atoms with van der Waals surface area (Å²) in [5.74, 6) is -2.12. The van der Waals surface area contributed by atoms with Crippen molar-refractivity contribution in [2.75, 3.05) is 11.5 Å². The zero-order valence-electron chi connectivity index (χ0n) is 24.9. The molecule has 1 fully saturated rings. The molecule has 0 radical (unpaired) electrons. The van der Waals surface area contributed by atoms with Gasteiger partial charge in [0.25, 0.3) is 0 Å². The number of hydrogen-bond acceptors (Lipinski definition) is 8. The van der Waals surface area contributed by atoms with E-state index >= 15 is 0 Å². The number of hydrogen-bond donors (Lipinski definition) is 0. The molecule has 0 aliphatic carbocycles. The first kappa shape index (κ1) is 32.7. The molecule has 6 rings (SSSR count). The minimum atomic E-state index is -0.830. The fourth-order valence-corrected chi connectivity index (χ4v) is 6.56. The minimum absolute atomic E-state index is 0.104. The van der Waals surface area contributed by atoms with E-state index in [4.69, 9.17) is 32.9 Å². The molecule has 11 heteroatoms. The SMILES string of the molecule is N#Cc1c(-c2ccccc2)cc(-c2ccccc2)nc1SC1CC(=O)N(c2ccc(C(=O)OCC(=O)c3ccc(Cl)c(Cl)c3)cc2)C1=O. The summed E-state index contributed by atoms with van der Waals surface area (Å²) >= 11 is 12.9. The molecule has 0 bridgehead atoms. The van der Waals surface area contributed by atoms with E-state index in [1.807, 2.05) is 66.7 Å². The zero-order valence-corrected chi connectivity index (χ0v) is 27.3. The van der Waals surface area contributed by atoms with Gasteiger partial charge in [-0.05, 0) is 54.1 Å². The van der Waals surface area contributed by atoms with E-state index < -0.39 is 35.4 Å². The number of esters is 1. The first-order chi connectivity index (χ1) is 23.2. The van der Waals surface area contributed by atoms with Crippen molar-refractivity contribution in [1.82, 2.24) is 4.98 Å². The molecule has 8 nitrogen and oxygen atoms in total. The highest BCUT2D eigenvalue weighted by atomic mass is 35.5. The Labute approximate surface area is 289 Å². The first-order valence-corrected chi connectivity index (χ1v) is 16.2. The average molecular weight is 693 g/mol. The van der Waals surface area contributed by atoms with E-state index in [1.165, 1.54) is 42.5 Å². The average Bonchev–Trinajstić information content (AvgIpc) is 3.40. The van der Waals surface area contributed by atoms with Crippen LogP contribution in [0.3, 0.4) is 0 Å². The number of carbonyl (C=O) groups is 4. The van der Waals surface area contributed by atoms with E-state index in [0.29, 0.717) is 26.9 Å². The van der Waals surface area contributed by atoms with Gasteiger partial charge in [0, 0.05) is 23.1 Å². The van der Waals surface area contributed by atoms with Gasteiger partial charge in [0.05, 0.1) is 37.8 Å². The highest BCUT2D eigenvalue weighted by Crippen LogP contribution is 2.39. The lowest BCUT2D eigenvalue weighted by atomic mass is 9.99. The molecule has 1 atom stereocenters. The van der Waals surface area contributed by atoms with Gasteiger partial charge in [0.15, 0.2) is 12.4 Å². The Morgan fingerprint density at radius 3 is 2.15 bits per heavy atom. The van der Waals surface area contributed by atoms with Crippen LogP contribution in [0.5, 0.6) is 0 Å². The second-order valence-electron chi connectivity index (χ2n) is 10.6. The largest absolute Gasteiger partial charge is 0.454 e. The van der Waals surface area contributed by atoms with Crippen LogP contribution in [0.2, 0.25) is 10.0 Å². The number of anilines is 1. The number of nitrogens with zero attached hydrogens (tertiary/aromatic N) is 3. The Balaban J connectivity index is 1.19. The quantitative estimate of drug-likeness (QED) is 0.0866. The van der Waals surface area contributed by atoms with Crippen LogP contribution in [-0.4, -0.2) is 40.4 Å². The zero-order chi connectivity index (χ0) is 33.8. The lowest BCUT2D eigenvalue weighted by Crippen LogP contribution is -2.31. The third-order valence-electron chi connectivity index (χ3n) is 7.55. The first-order valence-electron chi connectivity index (χ1n) is 14.6. The highest BCUT2D eigenvalue weighted by molar-refractivity contribution is 8.00. The number of rotatable bonds is 9. The fourth-order valence-electron chi connectivity index (χ4n) is 5.13. The Bertz CT molecular complexity index is 2100. The van der Waals surface area contributed by atoms with E-state index in [9.17, 15) is 24.4 Å². The molecule has 0 N–H and O–H groups in total. The highest BCUT2D eigenvalue weighted by Gasteiger charge is 2.41. The summed E-state index contributed by atoms with van der Waals surface area (Å²) in [5.41, 5.74) is 3.91. The molecule has 2 amide bonds. The number of nitriles is 1. The number of ether oxygens (including phenoxy) is 1. The summed E-state index contributed by atoms with van der Waals surface area (Å²) in [5, 5.41) is 10.2. The van der Waals surface area contributed by atoms with Gasteiger partial charge in [-0.3, -0.25) is 14.4 Å². The standard InChI is InChI=1S/C37H23Cl2N3O5S/c38-29-16-13-25(17-30(29)39)32(43)21-47-37(46)24-11-14-26(15-12-24)42-34(44)19-33(36(42)45)48-35-28(20-40)27(22-7-3-1-4-8-22)18-31(41-35)23-9-5-2-6-10-23/h1-18,33H,19,21H2. The van der Waals surface area contributed by atoms with Crippen LogP contribution in [0.4, 0.5) is 5.69 Å². The van der Waals surface area contributed by atoms with Crippen molar-refractivity contribution < 1.29 is 23.9 Å². The maximum Gasteiger partial charge on any atom is 0.338 e. The Morgan fingerprint density at radius 2 is 1.50 bits per heavy atom. The lowest BCUT2D eigenvalue weighted by Gasteiger charge is -2.16. The number of ketones is 1. The molecule has 0 spiro atoms. The van der Waals surface area contributed by atoms with Crippen LogP contribution in [-0.2, 0) is 14.3 Å². The van der Waals surface area contributed by atoms with Gasteiger partial charge in [-0.1, -0.05) is 95.6 Å². The number of amides is 2. The van der Waals surface area contributed by atoms with Crippen molar-refractivity contribution in [1.29, 1.82) is 5.26 Å². The van der Waals surface area contributed by atoms with E-state index in [2.05, 4.69) is 6.07 Å². The molecule has 1 aromatic heterocycles. The van der Waals surface area contributed by atoms with Crippen molar-refractivity contribution in [3.8, 4) is 28.5 Å². The number of imide groups is 1. The molecule has 1 unspecified atom stereocenters. The van der Waals surface area contributed by atoms with Gasteiger partial charge in [-0.25, -0.2) is 14.7 Å². The molecular formula is C37H23Cl2N3O5S. The Kier molecular flexibility index (Phi) is 9.69. The number of thioether (sulfide) groups is 1. The third-order valence-corrected chi connectivity index (χ3v) is 9.46. The van der Waals surface area contributed by atoms with Gasteiger partial charge in [0.1, 0.15) is 11.1 Å². The summed E-state index contributed by atoms with van der Waals surface area (Å²) in [4.78, 5) is 57.7. The number of aromatic nitrogens is 1. The molecule has 5 aromatic rings. The molecule has 1 saturated heterocycles. The Hall–Kier alpha value is -5.27. The normalized spacial score (nSPS) is 14.1. The molecule has 236 valence electrons. The molecule has 4 aromatic carbocycles. The third kappa shape index (κ3) is 6.87. The van der Waals surface area contributed by atoms with Gasteiger partial charge in [0.2, 0.25) is 11.8 Å². The predicted molar refractivity (Wildman–Crippen MR) is 184 cm³/mol. The van der Waals surface area contributed by atoms with Crippen molar-refractivity contribution in [2.24, 2.45) is 0 Å². The smallest absolute Gasteiger partial charge is 0.338 e. The van der Waals surface area contributed by atoms with Gasteiger partial charge >= 0.3 is 5.97 Å². The maximum absolute atomic E-state index is 13.6. The fraction of sp³-hybridized carbons (Fsp3) is 0.0811. The van der Waals surface area contributed by atoms with Crippen LogP contribution in [0.1, 0.15) is 32.7 Å². The monoisotopic (exact) mass is 691 g/mol. The predicted octanol–water partition coefficient (Wildman–Crippen LogP) is 8.06. The summed E-state index contributed by atoms with van der Waals surface area (Å²) in [6.45, 7) is -0.517. The lowest BCUT2D eigenvalue weighted by molar-refractivity contribution is -0.121. The van der Waals surface area contributed by atoms with Gasteiger partial charge in [-0.2, -0.15) is 5.26 Å². The molecule has 0 saturated carbocycles. The molecule has 1 aliphatic heterocycles. The number of halogens is 2.